The number of methoxy groups -OCH3 is 2. The van der Waals surface area contributed by atoms with Gasteiger partial charge in [-0.25, -0.2) is 9.78 Å². The Morgan fingerprint density at radius 1 is 1.16 bits per heavy atom. The molecule has 0 unspecified atom stereocenters. The van der Waals surface area contributed by atoms with Gasteiger partial charge in [-0.15, -0.1) is 11.3 Å². The fourth-order valence-corrected chi connectivity index (χ4v) is 4.99. The van der Waals surface area contributed by atoms with Crippen LogP contribution in [-0.2, 0) is 20.9 Å². The number of aromatic nitrogens is 1. The first-order chi connectivity index (χ1) is 18.2. The molecule has 0 aliphatic heterocycles. The van der Waals surface area contributed by atoms with Crippen LogP contribution in [0.1, 0.15) is 48.2 Å². The summed E-state index contributed by atoms with van der Waals surface area (Å²) in [5.41, 5.74) is 2.74. The van der Waals surface area contributed by atoms with Gasteiger partial charge in [0.1, 0.15) is 5.75 Å². The van der Waals surface area contributed by atoms with Crippen LogP contribution in [0.25, 0.3) is 17.3 Å². The molecule has 8 nitrogen and oxygen atoms in total. The molecule has 3 rings (SSSR count). The monoisotopic (exact) mass is 578 g/mol. The van der Waals surface area contributed by atoms with Gasteiger partial charge in [0.05, 0.1) is 42.7 Å². The number of thiazole rings is 1. The number of hydrogen-bond donors (Lipinski definition) is 2. The van der Waals surface area contributed by atoms with Crippen molar-refractivity contribution in [1.29, 1.82) is 0 Å². The molecule has 1 heterocycles. The van der Waals surface area contributed by atoms with Crippen molar-refractivity contribution in [3.05, 3.63) is 68.2 Å². The van der Waals surface area contributed by atoms with Gasteiger partial charge in [0.25, 0.3) is 5.91 Å². The Kier molecular flexibility index (Phi) is 10.6. The number of benzene rings is 2. The maximum absolute atomic E-state index is 12.9. The molecule has 0 bridgehead atoms. The summed E-state index contributed by atoms with van der Waals surface area (Å²) in [7, 11) is 2.83. The van der Waals surface area contributed by atoms with E-state index in [-0.39, 0.29) is 33.0 Å². The number of ether oxygens (including phenoxy) is 3. The predicted molar refractivity (Wildman–Crippen MR) is 150 cm³/mol. The lowest BCUT2D eigenvalue weighted by molar-refractivity contribution is -0.135. The SMILES string of the molecule is CCC(CC)OCc1cccc(-c2csc(NC(=O)c3cc(Cl)c(C=C(OC)C(=O)O)c(Cl)c3)n2)c1OC. The van der Waals surface area contributed by atoms with Crippen molar-refractivity contribution >= 4 is 57.6 Å². The molecule has 1 amide bonds. The van der Waals surface area contributed by atoms with E-state index in [1.165, 1.54) is 36.7 Å². The van der Waals surface area contributed by atoms with Crippen molar-refractivity contribution in [2.45, 2.75) is 39.4 Å². The number of carbonyl (C=O) groups excluding carboxylic acids is 1. The lowest BCUT2D eigenvalue weighted by Crippen LogP contribution is -2.12. The molecule has 0 saturated carbocycles. The summed E-state index contributed by atoms with van der Waals surface area (Å²) < 4.78 is 16.5. The molecular formula is C27H28Cl2N2O6S. The number of para-hydroxylation sites is 1. The van der Waals surface area contributed by atoms with Crippen LogP contribution in [0.4, 0.5) is 5.13 Å². The summed E-state index contributed by atoms with van der Waals surface area (Å²) in [5.74, 6) is -1.43. The van der Waals surface area contributed by atoms with E-state index in [1.807, 2.05) is 23.6 Å². The van der Waals surface area contributed by atoms with Crippen LogP contribution in [0.2, 0.25) is 10.0 Å². The number of carbonyl (C=O) groups is 2. The predicted octanol–water partition coefficient (Wildman–Crippen LogP) is 7.15. The summed E-state index contributed by atoms with van der Waals surface area (Å²) in [4.78, 5) is 28.7. The Labute approximate surface area is 235 Å². The largest absolute Gasteiger partial charge is 0.496 e. The fraction of sp³-hybridized carbons (Fsp3) is 0.296. The zero-order chi connectivity index (χ0) is 27.8. The molecule has 0 spiro atoms. The van der Waals surface area contributed by atoms with Crippen molar-refractivity contribution in [1.82, 2.24) is 4.98 Å². The molecule has 0 radical (unpaired) electrons. The third-order valence-electron chi connectivity index (χ3n) is 5.73. The first-order valence-corrected chi connectivity index (χ1v) is 13.4. The van der Waals surface area contributed by atoms with E-state index in [4.69, 9.17) is 42.5 Å². The first-order valence-electron chi connectivity index (χ1n) is 11.7. The molecule has 0 fully saturated rings. The standard InChI is InChI=1S/C27H28Cl2N2O6S/c1-5-17(6-2)37-13-15-8-7-9-18(24(15)36-4)22-14-38-27(30-22)31-25(32)16-10-20(28)19(21(29)11-16)12-23(35-3)26(33)34/h7-12,14,17H,5-6,13H2,1-4H3,(H,33,34)(H,30,31,32). The van der Waals surface area contributed by atoms with Crippen LogP contribution >= 0.6 is 34.5 Å². The third kappa shape index (κ3) is 7.05. The topological polar surface area (TPSA) is 107 Å². The highest BCUT2D eigenvalue weighted by atomic mass is 35.5. The summed E-state index contributed by atoms with van der Waals surface area (Å²) in [6.45, 7) is 4.61. The normalized spacial score (nSPS) is 11.5. The minimum atomic E-state index is -1.28. The first kappa shape index (κ1) is 29.4. The smallest absolute Gasteiger partial charge is 0.371 e. The van der Waals surface area contributed by atoms with Crippen molar-refractivity contribution in [2.24, 2.45) is 0 Å². The van der Waals surface area contributed by atoms with Gasteiger partial charge in [0.15, 0.2) is 5.13 Å². The van der Waals surface area contributed by atoms with Gasteiger partial charge in [-0.1, -0.05) is 49.2 Å². The Bertz CT molecular complexity index is 1310. The second-order valence-corrected chi connectivity index (χ2v) is 9.78. The van der Waals surface area contributed by atoms with Crippen LogP contribution < -0.4 is 10.1 Å². The Morgan fingerprint density at radius 3 is 2.42 bits per heavy atom. The number of carboxylic acids is 1. The van der Waals surface area contributed by atoms with E-state index >= 15 is 0 Å². The third-order valence-corrected chi connectivity index (χ3v) is 7.12. The maximum atomic E-state index is 12.9. The van der Waals surface area contributed by atoms with Crippen LogP contribution in [0.3, 0.4) is 0 Å². The molecule has 38 heavy (non-hydrogen) atoms. The van der Waals surface area contributed by atoms with Gasteiger partial charge in [0, 0.05) is 27.6 Å². The van der Waals surface area contributed by atoms with E-state index in [1.54, 1.807) is 7.11 Å². The summed E-state index contributed by atoms with van der Waals surface area (Å²) in [6, 6.07) is 8.56. The van der Waals surface area contributed by atoms with Crippen molar-refractivity contribution in [3.8, 4) is 17.0 Å². The summed E-state index contributed by atoms with van der Waals surface area (Å²) >= 11 is 13.8. The van der Waals surface area contributed by atoms with Crippen molar-refractivity contribution in [3.63, 3.8) is 0 Å². The number of amides is 1. The molecular weight excluding hydrogens is 551 g/mol. The minimum absolute atomic E-state index is 0.0930. The molecule has 0 aliphatic rings. The van der Waals surface area contributed by atoms with Gasteiger partial charge >= 0.3 is 5.97 Å². The summed E-state index contributed by atoms with van der Waals surface area (Å²) in [6.07, 6.45) is 3.23. The number of nitrogens with one attached hydrogen (secondary N) is 1. The summed E-state index contributed by atoms with van der Waals surface area (Å²) in [5, 5.41) is 14.3. The highest BCUT2D eigenvalue weighted by molar-refractivity contribution is 7.14. The van der Waals surface area contributed by atoms with Crippen LogP contribution in [0.15, 0.2) is 41.5 Å². The zero-order valence-corrected chi connectivity index (χ0v) is 23.7. The molecule has 2 aromatic carbocycles. The Hall–Kier alpha value is -3.11. The average molecular weight is 580 g/mol. The lowest BCUT2D eigenvalue weighted by Gasteiger charge is -2.17. The van der Waals surface area contributed by atoms with Crippen molar-refractivity contribution < 1.29 is 28.9 Å². The van der Waals surface area contributed by atoms with Gasteiger partial charge < -0.3 is 19.3 Å². The van der Waals surface area contributed by atoms with Gasteiger partial charge in [-0.2, -0.15) is 0 Å². The van der Waals surface area contributed by atoms with E-state index in [0.29, 0.717) is 23.2 Å². The van der Waals surface area contributed by atoms with Crippen LogP contribution in [-0.4, -0.2) is 42.3 Å². The van der Waals surface area contributed by atoms with Crippen LogP contribution in [0, 0.1) is 0 Å². The number of aliphatic carboxylic acids is 1. The second-order valence-electron chi connectivity index (χ2n) is 8.11. The highest BCUT2D eigenvalue weighted by Crippen LogP contribution is 2.36. The molecule has 0 aliphatic carbocycles. The highest BCUT2D eigenvalue weighted by Gasteiger charge is 2.18. The van der Waals surface area contributed by atoms with Gasteiger partial charge in [0.2, 0.25) is 5.76 Å². The molecule has 0 saturated heterocycles. The Balaban J connectivity index is 1.81. The average Bonchev–Trinajstić information content (AvgIpc) is 3.36. The maximum Gasteiger partial charge on any atom is 0.371 e. The second kappa shape index (κ2) is 13.6. The fourth-order valence-electron chi connectivity index (χ4n) is 3.69. The Morgan fingerprint density at radius 2 is 1.84 bits per heavy atom. The number of nitrogens with zero attached hydrogens (tertiary/aromatic N) is 1. The number of hydrogen-bond acceptors (Lipinski definition) is 7. The van der Waals surface area contributed by atoms with Gasteiger partial charge in [-0.05, 0) is 37.1 Å². The lowest BCUT2D eigenvalue weighted by atomic mass is 10.1. The van der Waals surface area contributed by atoms with Gasteiger partial charge in [-0.3, -0.25) is 10.1 Å². The number of carboxylic acid groups (broad SMARTS) is 1. The van der Waals surface area contributed by atoms with E-state index in [9.17, 15) is 9.59 Å². The minimum Gasteiger partial charge on any atom is -0.496 e. The molecule has 202 valence electrons. The van der Waals surface area contributed by atoms with E-state index < -0.39 is 11.9 Å². The van der Waals surface area contributed by atoms with E-state index in [0.717, 1.165) is 24.0 Å². The van der Waals surface area contributed by atoms with Crippen molar-refractivity contribution in [2.75, 3.05) is 19.5 Å². The number of anilines is 1. The number of rotatable bonds is 12. The molecule has 0 atom stereocenters. The molecule has 3 aromatic rings. The number of halogens is 2. The van der Waals surface area contributed by atoms with Crippen LogP contribution in [0.5, 0.6) is 5.75 Å². The molecule has 2 N–H and O–H groups in total. The quantitative estimate of drug-likeness (QED) is 0.173. The molecule has 11 heteroatoms. The zero-order valence-electron chi connectivity index (χ0n) is 21.3. The van der Waals surface area contributed by atoms with E-state index in [2.05, 4.69) is 24.1 Å². The molecule has 1 aromatic heterocycles.